The summed E-state index contributed by atoms with van der Waals surface area (Å²) in [5.41, 5.74) is 0. The van der Waals surface area contributed by atoms with Crippen LogP contribution in [0.5, 0.6) is 0 Å². The number of carbonyl (C=O) groups excluding carboxylic acids is 2. The van der Waals surface area contributed by atoms with Gasteiger partial charge >= 0.3 is 5.97 Å². The molecule has 0 bridgehead atoms. The van der Waals surface area contributed by atoms with Crippen LogP contribution in [0, 0.1) is 0 Å². The lowest BCUT2D eigenvalue weighted by Gasteiger charge is -2.24. The smallest absolute Gasteiger partial charge is 0.306 e. The van der Waals surface area contributed by atoms with Gasteiger partial charge in [0.25, 0.3) is 0 Å². The van der Waals surface area contributed by atoms with Gasteiger partial charge in [-0.05, 0) is 77.0 Å². The average molecular weight is 911 g/mol. The fourth-order valence-electron chi connectivity index (χ4n) is 8.38. The third-order valence-electron chi connectivity index (χ3n) is 12.7. The summed E-state index contributed by atoms with van der Waals surface area (Å²) in [6.07, 6.45) is 65.6. The third-order valence-corrected chi connectivity index (χ3v) is 12.7. The molecule has 3 unspecified atom stereocenters. The largest absolute Gasteiger partial charge is 0.462 e. The van der Waals surface area contributed by atoms with Crippen molar-refractivity contribution in [3.05, 3.63) is 60.8 Å². The van der Waals surface area contributed by atoms with E-state index in [1.54, 1.807) is 0 Å². The molecule has 0 aliphatic carbocycles. The molecule has 0 aromatic carbocycles. The lowest BCUT2D eigenvalue weighted by Crippen LogP contribution is -2.46. The molecule has 3 atom stereocenters. The average Bonchev–Trinajstić information content (AvgIpc) is 3.30. The fourth-order valence-corrected chi connectivity index (χ4v) is 8.38. The molecule has 0 heterocycles. The molecule has 0 aromatic heterocycles. The van der Waals surface area contributed by atoms with E-state index in [1.807, 2.05) is 0 Å². The Hall–Kier alpha value is -2.44. The van der Waals surface area contributed by atoms with Gasteiger partial charge in [0.05, 0.1) is 25.2 Å². The summed E-state index contributed by atoms with van der Waals surface area (Å²) in [4.78, 5) is 26.2. The van der Waals surface area contributed by atoms with Crippen molar-refractivity contribution < 1.29 is 24.5 Å². The SMILES string of the molecule is CCCCC/C=C/C=C/C=C/C=C/CCCCCC(CC(=O)NC(CO)C(O)CCCCCCCCCCCCCCCCC)OC(=O)CCCCCCCCC/C=C\CCCCCC. The van der Waals surface area contributed by atoms with Gasteiger partial charge in [0, 0.05) is 6.42 Å². The lowest BCUT2D eigenvalue weighted by molar-refractivity contribution is -0.151. The number of carbonyl (C=O) groups is 2. The maximum atomic E-state index is 13.2. The van der Waals surface area contributed by atoms with Gasteiger partial charge in [-0.15, -0.1) is 0 Å². The van der Waals surface area contributed by atoms with Crippen molar-refractivity contribution in [3.63, 3.8) is 0 Å². The highest BCUT2D eigenvalue weighted by atomic mass is 16.5. The summed E-state index contributed by atoms with van der Waals surface area (Å²) < 4.78 is 5.94. The highest BCUT2D eigenvalue weighted by Crippen LogP contribution is 2.18. The topological polar surface area (TPSA) is 95.9 Å². The van der Waals surface area contributed by atoms with E-state index in [2.05, 4.69) is 86.8 Å². The second-order valence-corrected chi connectivity index (χ2v) is 19.1. The van der Waals surface area contributed by atoms with Crippen LogP contribution in [-0.2, 0) is 14.3 Å². The molecule has 378 valence electrons. The predicted octanol–water partition coefficient (Wildman–Crippen LogP) is 17.2. The standard InChI is InChI=1S/C59H107NO5/c1-4-7-10-13-16-19-22-25-28-31-32-35-38-41-44-47-50-55(65-59(64)52-49-46-43-40-37-34-30-27-24-21-18-15-12-9-6-3)53-58(63)60-56(54-61)57(62)51-48-45-42-39-36-33-29-26-23-20-17-14-11-8-5-2/h16,19,21-22,24-25,28,31-32,35,55-57,61-62H,4-15,17-18,20,23,26-27,29-30,33-34,36-54H2,1-3H3,(H,60,63)/b19-16+,24-21-,25-22+,31-28+,35-32+. The number of allylic oxidation sites excluding steroid dienone is 10. The minimum absolute atomic E-state index is 0.0497. The maximum Gasteiger partial charge on any atom is 0.306 e. The van der Waals surface area contributed by atoms with Gasteiger partial charge in [0.1, 0.15) is 6.10 Å². The Morgan fingerprint density at radius 2 is 0.800 bits per heavy atom. The zero-order valence-electron chi connectivity index (χ0n) is 43.1. The highest BCUT2D eigenvalue weighted by Gasteiger charge is 2.24. The molecular weight excluding hydrogens is 803 g/mol. The molecule has 0 fully saturated rings. The van der Waals surface area contributed by atoms with Gasteiger partial charge in [-0.1, -0.05) is 248 Å². The van der Waals surface area contributed by atoms with Crippen LogP contribution in [0.1, 0.15) is 278 Å². The van der Waals surface area contributed by atoms with E-state index in [0.717, 1.165) is 70.6 Å². The third kappa shape index (κ3) is 47.8. The van der Waals surface area contributed by atoms with Gasteiger partial charge in [0.15, 0.2) is 0 Å². The Morgan fingerprint density at radius 3 is 1.29 bits per heavy atom. The number of nitrogens with one attached hydrogen (secondary N) is 1. The van der Waals surface area contributed by atoms with Crippen molar-refractivity contribution in [3.8, 4) is 0 Å². The van der Waals surface area contributed by atoms with E-state index in [9.17, 15) is 19.8 Å². The molecule has 0 rings (SSSR count). The predicted molar refractivity (Wildman–Crippen MR) is 282 cm³/mol. The number of hydrogen-bond acceptors (Lipinski definition) is 5. The van der Waals surface area contributed by atoms with E-state index >= 15 is 0 Å². The van der Waals surface area contributed by atoms with Crippen LogP contribution in [0.25, 0.3) is 0 Å². The number of rotatable bonds is 50. The minimum atomic E-state index is -0.801. The highest BCUT2D eigenvalue weighted by molar-refractivity contribution is 5.77. The molecule has 6 heteroatoms. The molecule has 65 heavy (non-hydrogen) atoms. The molecule has 0 saturated heterocycles. The van der Waals surface area contributed by atoms with E-state index in [1.165, 1.54) is 161 Å². The van der Waals surface area contributed by atoms with Crippen LogP contribution in [0.3, 0.4) is 0 Å². The van der Waals surface area contributed by atoms with Crippen LogP contribution in [-0.4, -0.2) is 46.9 Å². The molecule has 0 aliphatic rings. The van der Waals surface area contributed by atoms with E-state index in [-0.39, 0.29) is 24.9 Å². The van der Waals surface area contributed by atoms with E-state index < -0.39 is 18.2 Å². The molecule has 1 amide bonds. The van der Waals surface area contributed by atoms with Crippen LogP contribution >= 0.6 is 0 Å². The lowest BCUT2D eigenvalue weighted by atomic mass is 10.0. The fraction of sp³-hybridized carbons (Fsp3) is 0.797. The molecule has 0 aliphatic heterocycles. The van der Waals surface area contributed by atoms with Crippen molar-refractivity contribution in [2.24, 2.45) is 0 Å². The van der Waals surface area contributed by atoms with Crippen LogP contribution in [0.4, 0.5) is 0 Å². The number of ether oxygens (including phenoxy) is 1. The number of hydrogen-bond donors (Lipinski definition) is 3. The van der Waals surface area contributed by atoms with E-state index in [4.69, 9.17) is 4.74 Å². The second-order valence-electron chi connectivity index (χ2n) is 19.1. The first kappa shape index (κ1) is 62.6. The second kappa shape index (κ2) is 52.5. The van der Waals surface area contributed by atoms with Gasteiger partial charge in [-0.25, -0.2) is 0 Å². The Labute approximate surface area is 403 Å². The molecule has 3 N–H and O–H groups in total. The monoisotopic (exact) mass is 910 g/mol. The maximum absolute atomic E-state index is 13.2. The number of esters is 1. The Balaban J connectivity index is 4.65. The van der Waals surface area contributed by atoms with Crippen LogP contribution < -0.4 is 5.32 Å². The summed E-state index contributed by atoms with van der Waals surface area (Å²) in [7, 11) is 0. The van der Waals surface area contributed by atoms with Crippen molar-refractivity contribution in [1.82, 2.24) is 5.32 Å². The van der Waals surface area contributed by atoms with Gasteiger partial charge in [-0.3, -0.25) is 9.59 Å². The molecular formula is C59H107NO5. The number of aliphatic hydroxyl groups excluding tert-OH is 2. The summed E-state index contributed by atoms with van der Waals surface area (Å²) in [6, 6.07) is -0.717. The molecule has 0 radical (unpaired) electrons. The first-order valence-corrected chi connectivity index (χ1v) is 28.1. The van der Waals surface area contributed by atoms with Crippen LogP contribution in [0.15, 0.2) is 60.8 Å². The van der Waals surface area contributed by atoms with E-state index in [0.29, 0.717) is 19.3 Å². The van der Waals surface area contributed by atoms with Crippen LogP contribution in [0.2, 0.25) is 0 Å². The molecule has 0 aromatic rings. The zero-order chi connectivity index (χ0) is 47.4. The van der Waals surface area contributed by atoms with Crippen molar-refractivity contribution in [2.75, 3.05) is 6.61 Å². The zero-order valence-corrected chi connectivity index (χ0v) is 43.1. The van der Waals surface area contributed by atoms with Gasteiger partial charge in [0.2, 0.25) is 5.91 Å². The van der Waals surface area contributed by atoms with Crippen molar-refractivity contribution in [2.45, 2.75) is 296 Å². The molecule has 6 nitrogen and oxygen atoms in total. The summed E-state index contributed by atoms with van der Waals surface area (Å²) in [6.45, 7) is 6.44. The van der Waals surface area contributed by atoms with Gasteiger partial charge in [-0.2, -0.15) is 0 Å². The number of amides is 1. The summed E-state index contributed by atoms with van der Waals surface area (Å²) >= 11 is 0. The molecule has 0 spiro atoms. The Morgan fingerprint density at radius 1 is 0.446 bits per heavy atom. The molecule has 0 saturated carbocycles. The first-order chi connectivity index (χ1) is 32.0. The quantitative estimate of drug-likeness (QED) is 0.0245. The summed E-state index contributed by atoms with van der Waals surface area (Å²) in [5, 5.41) is 23.8. The van der Waals surface area contributed by atoms with Crippen molar-refractivity contribution in [1.29, 1.82) is 0 Å². The summed E-state index contributed by atoms with van der Waals surface area (Å²) in [5.74, 6) is -0.512. The Bertz CT molecular complexity index is 1160. The van der Waals surface area contributed by atoms with Crippen molar-refractivity contribution >= 4 is 11.9 Å². The normalized spacial score (nSPS) is 13.6. The van der Waals surface area contributed by atoms with Gasteiger partial charge < -0.3 is 20.3 Å². The minimum Gasteiger partial charge on any atom is -0.462 e. The number of unbranched alkanes of at least 4 members (excludes halogenated alkanes) is 31. The first-order valence-electron chi connectivity index (χ1n) is 28.1. The number of aliphatic hydroxyl groups is 2. The Kier molecular flexibility index (Phi) is 50.6.